The van der Waals surface area contributed by atoms with Crippen LogP contribution in [0, 0.1) is 0 Å². The number of hydrogen-bond acceptors (Lipinski definition) is 1. The van der Waals surface area contributed by atoms with E-state index in [9.17, 15) is 13.2 Å². The molecule has 6 heteroatoms. The summed E-state index contributed by atoms with van der Waals surface area (Å²) in [5.74, 6) is 0.542. The predicted molar refractivity (Wildman–Crippen MR) is 74.2 cm³/mol. The number of alkyl halides is 3. The van der Waals surface area contributed by atoms with Crippen molar-refractivity contribution in [2.45, 2.75) is 6.18 Å². The number of hydrogen-bond donors (Lipinski definition) is 1. The second-order valence-electron chi connectivity index (χ2n) is 4.30. The Morgan fingerprint density at radius 2 is 1.75 bits per heavy atom. The number of nitrogens with zero attached hydrogens (tertiary/aromatic N) is 1. The molecule has 2 nitrogen and oxygen atoms in total. The third kappa shape index (κ3) is 2.31. The van der Waals surface area contributed by atoms with Crippen LogP contribution in [0.2, 0.25) is 0 Å². The number of imidazole rings is 1. The van der Waals surface area contributed by atoms with Gasteiger partial charge in [0.05, 0.1) is 11.1 Å². The van der Waals surface area contributed by atoms with Gasteiger partial charge in [0.15, 0.2) is 0 Å². The third-order valence-corrected chi connectivity index (χ3v) is 3.52. The Hall–Kier alpha value is -1.82. The summed E-state index contributed by atoms with van der Waals surface area (Å²) >= 11 is 3.14. The molecule has 0 saturated heterocycles. The van der Waals surface area contributed by atoms with Crippen LogP contribution in [0.1, 0.15) is 5.56 Å². The fourth-order valence-electron chi connectivity index (χ4n) is 1.97. The molecule has 3 aromatic rings. The van der Waals surface area contributed by atoms with Crippen LogP contribution in [0.25, 0.3) is 22.4 Å². The summed E-state index contributed by atoms with van der Waals surface area (Å²) < 4.78 is 38.6. The second-order valence-corrected chi connectivity index (χ2v) is 5.16. The summed E-state index contributed by atoms with van der Waals surface area (Å²) in [7, 11) is 0. The maximum Gasteiger partial charge on any atom is 0.416 e. The number of nitrogens with one attached hydrogen (secondary N) is 1. The van der Waals surface area contributed by atoms with Gasteiger partial charge >= 0.3 is 6.18 Å². The zero-order valence-electron chi connectivity index (χ0n) is 10.0. The summed E-state index contributed by atoms with van der Waals surface area (Å²) in [6.07, 6.45) is -4.38. The third-order valence-electron chi connectivity index (χ3n) is 2.91. The van der Waals surface area contributed by atoms with Crippen LogP contribution in [0.4, 0.5) is 13.2 Å². The summed E-state index contributed by atoms with van der Waals surface area (Å²) in [5, 5.41) is 0. The van der Waals surface area contributed by atoms with Crippen molar-refractivity contribution < 1.29 is 13.2 Å². The van der Waals surface area contributed by atoms with Crippen molar-refractivity contribution in [1.82, 2.24) is 9.97 Å². The lowest BCUT2D eigenvalue weighted by molar-refractivity contribution is -0.137. The lowest BCUT2D eigenvalue weighted by Crippen LogP contribution is -2.04. The van der Waals surface area contributed by atoms with E-state index in [1.807, 2.05) is 30.3 Å². The number of fused-ring (bicyclic) bond motifs is 1. The lowest BCUT2D eigenvalue weighted by atomic mass is 10.2. The van der Waals surface area contributed by atoms with Crippen LogP contribution in [0.15, 0.2) is 46.9 Å². The highest BCUT2D eigenvalue weighted by atomic mass is 79.9. The normalized spacial score (nSPS) is 12.0. The first-order chi connectivity index (χ1) is 9.45. The van der Waals surface area contributed by atoms with Gasteiger partial charge in [0.1, 0.15) is 11.3 Å². The minimum atomic E-state index is -4.38. The minimum Gasteiger partial charge on any atom is -0.338 e. The van der Waals surface area contributed by atoms with E-state index in [1.165, 1.54) is 0 Å². The van der Waals surface area contributed by atoms with Crippen LogP contribution in [0.5, 0.6) is 0 Å². The highest BCUT2D eigenvalue weighted by Crippen LogP contribution is 2.35. The highest BCUT2D eigenvalue weighted by molar-refractivity contribution is 9.10. The first kappa shape index (κ1) is 13.2. The van der Waals surface area contributed by atoms with Crippen LogP contribution in [0.3, 0.4) is 0 Å². The molecule has 0 aliphatic heterocycles. The summed E-state index contributed by atoms with van der Waals surface area (Å²) in [6.45, 7) is 0. The van der Waals surface area contributed by atoms with Gasteiger partial charge in [-0.1, -0.05) is 30.3 Å². The number of aromatic nitrogens is 2. The molecule has 1 heterocycles. The maximum atomic E-state index is 12.8. The molecule has 0 amide bonds. The molecule has 0 fully saturated rings. The molecule has 0 atom stereocenters. The van der Waals surface area contributed by atoms with Crippen molar-refractivity contribution in [3.8, 4) is 11.4 Å². The fraction of sp³-hybridized carbons (Fsp3) is 0.0714. The number of H-pyrrole nitrogens is 1. The molecule has 0 spiro atoms. The molecule has 0 aliphatic rings. The van der Waals surface area contributed by atoms with Crippen LogP contribution >= 0.6 is 15.9 Å². The summed E-state index contributed by atoms with van der Waals surface area (Å²) in [5.41, 5.74) is 0.951. The molecule has 1 aromatic heterocycles. The minimum absolute atomic E-state index is 0.320. The lowest BCUT2D eigenvalue weighted by Gasteiger charge is -2.06. The Labute approximate surface area is 120 Å². The Bertz CT molecular complexity index is 763. The Morgan fingerprint density at radius 3 is 2.40 bits per heavy atom. The zero-order valence-corrected chi connectivity index (χ0v) is 11.6. The molecule has 0 saturated carbocycles. The van der Waals surface area contributed by atoms with E-state index in [-0.39, 0.29) is 0 Å². The SMILES string of the molecule is FC(F)(F)c1cc(Br)c2nc(-c3ccccc3)[nH]c2c1. The fourth-order valence-corrected chi connectivity index (χ4v) is 2.52. The molecule has 0 radical (unpaired) electrons. The van der Waals surface area contributed by atoms with Crippen molar-refractivity contribution in [1.29, 1.82) is 0 Å². The molecule has 102 valence electrons. The number of halogens is 4. The molecular weight excluding hydrogens is 333 g/mol. The van der Waals surface area contributed by atoms with Gasteiger partial charge < -0.3 is 4.98 Å². The van der Waals surface area contributed by atoms with Crippen LogP contribution < -0.4 is 0 Å². The van der Waals surface area contributed by atoms with Crippen LogP contribution in [-0.4, -0.2) is 9.97 Å². The van der Waals surface area contributed by atoms with E-state index >= 15 is 0 Å². The van der Waals surface area contributed by atoms with Crippen molar-refractivity contribution in [2.75, 3.05) is 0 Å². The Morgan fingerprint density at radius 1 is 1.05 bits per heavy atom. The Balaban J connectivity index is 2.19. The zero-order chi connectivity index (χ0) is 14.3. The molecule has 3 rings (SSSR count). The first-order valence-electron chi connectivity index (χ1n) is 5.77. The quantitative estimate of drug-likeness (QED) is 0.662. The number of benzene rings is 2. The molecule has 20 heavy (non-hydrogen) atoms. The maximum absolute atomic E-state index is 12.8. The van der Waals surface area contributed by atoms with Crippen molar-refractivity contribution in [2.24, 2.45) is 0 Å². The van der Waals surface area contributed by atoms with Gasteiger partial charge in [-0.15, -0.1) is 0 Å². The van der Waals surface area contributed by atoms with Gasteiger partial charge in [0.25, 0.3) is 0 Å². The van der Waals surface area contributed by atoms with E-state index in [0.29, 0.717) is 21.3 Å². The monoisotopic (exact) mass is 340 g/mol. The average Bonchev–Trinajstić information content (AvgIpc) is 2.83. The van der Waals surface area contributed by atoms with E-state index in [0.717, 1.165) is 17.7 Å². The summed E-state index contributed by atoms with van der Waals surface area (Å²) in [6, 6.07) is 11.4. The predicted octanol–water partition coefficient (Wildman–Crippen LogP) is 5.01. The van der Waals surface area contributed by atoms with Gasteiger partial charge in [-0.2, -0.15) is 13.2 Å². The molecular formula is C14H8BrF3N2. The van der Waals surface area contributed by atoms with E-state index in [4.69, 9.17) is 0 Å². The van der Waals surface area contributed by atoms with Gasteiger partial charge in [-0.05, 0) is 28.1 Å². The molecule has 0 unspecified atom stereocenters. The van der Waals surface area contributed by atoms with Crippen molar-refractivity contribution in [3.63, 3.8) is 0 Å². The Kier molecular flexibility index (Phi) is 3.05. The van der Waals surface area contributed by atoms with Gasteiger partial charge in [-0.3, -0.25) is 0 Å². The second kappa shape index (κ2) is 4.63. The van der Waals surface area contributed by atoms with Gasteiger partial charge in [-0.25, -0.2) is 4.98 Å². The largest absolute Gasteiger partial charge is 0.416 e. The van der Waals surface area contributed by atoms with Crippen molar-refractivity contribution >= 4 is 27.0 Å². The van der Waals surface area contributed by atoms with Gasteiger partial charge in [0, 0.05) is 10.0 Å². The molecule has 2 aromatic carbocycles. The van der Waals surface area contributed by atoms with Crippen molar-refractivity contribution in [3.05, 3.63) is 52.5 Å². The molecule has 0 bridgehead atoms. The van der Waals surface area contributed by atoms with Crippen LogP contribution in [-0.2, 0) is 6.18 Å². The first-order valence-corrected chi connectivity index (χ1v) is 6.56. The van der Waals surface area contributed by atoms with E-state index in [2.05, 4.69) is 25.9 Å². The standard InChI is InChI=1S/C14H8BrF3N2/c15-10-6-9(14(16,17)18)7-11-12(10)20-13(19-11)8-4-2-1-3-5-8/h1-7H,(H,19,20). The van der Waals surface area contributed by atoms with E-state index < -0.39 is 11.7 Å². The smallest absolute Gasteiger partial charge is 0.338 e. The number of aromatic amines is 1. The highest BCUT2D eigenvalue weighted by Gasteiger charge is 2.31. The topological polar surface area (TPSA) is 28.7 Å². The molecule has 0 aliphatic carbocycles. The van der Waals surface area contributed by atoms with Gasteiger partial charge in [0.2, 0.25) is 0 Å². The molecule has 1 N–H and O–H groups in total. The summed E-state index contributed by atoms with van der Waals surface area (Å²) in [4.78, 5) is 7.26. The van der Waals surface area contributed by atoms with E-state index in [1.54, 1.807) is 0 Å². The number of rotatable bonds is 1. The average molecular weight is 341 g/mol.